The first-order valence-electron chi connectivity index (χ1n) is 9.01. The van der Waals surface area contributed by atoms with Crippen molar-refractivity contribution < 1.29 is 14.7 Å². The van der Waals surface area contributed by atoms with Crippen LogP contribution in [0.25, 0.3) is 22.3 Å². The van der Waals surface area contributed by atoms with Crippen molar-refractivity contribution in [1.29, 1.82) is 0 Å². The average Bonchev–Trinajstić information content (AvgIpc) is 2.75. The van der Waals surface area contributed by atoms with Gasteiger partial charge >= 0.3 is 164 Å². The van der Waals surface area contributed by atoms with Crippen molar-refractivity contribution >= 4 is 17.9 Å². The Labute approximate surface area is 164 Å². The summed E-state index contributed by atoms with van der Waals surface area (Å²) in [4.78, 5) is 32.7. The number of benzene rings is 4. The van der Waals surface area contributed by atoms with Crippen molar-refractivity contribution in [1.82, 2.24) is 0 Å². The fourth-order valence-electron chi connectivity index (χ4n) is 3.27. The van der Waals surface area contributed by atoms with Gasteiger partial charge in [0.25, 0.3) is 0 Å². The van der Waals surface area contributed by atoms with Crippen LogP contribution >= 0.6 is 7.28 Å². The van der Waals surface area contributed by atoms with E-state index in [1.165, 1.54) is 0 Å². The quantitative estimate of drug-likeness (QED) is 0.458. The minimum atomic E-state index is -5.19. The van der Waals surface area contributed by atoms with Gasteiger partial charge in [-0.2, -0.15) is 0 Å². The van der Waals surface area contributed by atoms with Gasteiger partial charge in [-0.1, -0.05) is 0 Å². The van der Waals surface area contributed by atoms with Gasteiger partial charge < -0.3 is 0 Å². The third kappa shape index (κ3) is 3.49. The fraction of sp³-hybridized carbons (Fsp3) is 0. The van der Waals surface area contributed by atoms with E-state index in [1.54, 1.807) is 48.5 Å². The van der Waals surface area contributed by atoms with Gasteiger partial charge in [-0.05, 0) is 0 Å². The number of hydrogen-bond donors (Lipinski definition) is 3. The maximum absolute atomic E-state index is 10.9. The Kier molecular flexibility index (Phi) is 4.62. The second kappa shape index (κ2) is 6.97. The topological polar surface area (TPSA) is 60.7 Å². The summed E-state index contributed by atoms with van der Waals surface area (Å²) in [5, 5.41) is 0.219. The molecule has 0 aliphatic carbocycles. The zero-order chi connectivity index (χ0) is 19.6. The molecule has 0 spiro atoms. The van der Waals surface area contributed by atoms with Crippen molar-refractivity contribution in [2.75, 3.05) is 0 Å². The molecule has 0 aliphatic rings. The Hall–Kier alpha value is -2.81. The molecule has 0 saturated carbocycles. The van der Waals surface area contributed by atoms with Gasteiger partial charge in [0.2, 0.25) is 0 Å². The van der Waals surface area contributed by atoms with Gasteiger partial charge in [-0.15, -0.1) is 0 Å². The van der Waals surface area contributed by atoms with Crippen LogP contribution in [0.2, 0.25) is 0 Å². The van der Waals surface area contributed by atoms with Crippen LogP contribution in [0, 0.1) is 0 Å². The predicted octanol–water partition coefficient (Wildman–Crippen LogP) is 4.25. The third-order valence-corrected chi connectivity index (χ3v) is 7.40. The standard InChI is InChI=1S/C24H21O3P/c25-28(26,27,23-15-11-21(12-16-23)19-7-3-1-4-8-19)24-17-13-22(14-18-24)20-9-5-2-6-10-20/h1-18,25-27H. The Bertz CT molecular complexity index is 979. The monoisotopic (exact) mass is 388 g/mol. The summed E-state index contributed by atoms with van der Waals surface area (Å²) in [6.45, 7) is 0. The van der Waals surface area contributed by atoms with Gasteiger partial charge in [0.1, 0.15) is 0 Å². The molecule has 28 heavy (non-hydrogen) atoms. The van der Waals surface area contributed by atoms with Crippen LogP contribution in [-0.2, 0) is 0 Å². The summed E-state index contributed by atoms with van der Waals surface area (Å²) < 4.78 is 0. The molecule has 0 unspecified atom stereocenters. The first kappa shape index (κ1) is 18.5. The van der Waals surface area contributed by atoms with Gasteiger partial charge in [0, 0.05) is 0 Å². The summed E-state index contributed by atoms with van der Waals surface area (Å²) in [6.07, 6.45) is 0. The van der Waals surface area contributed by atoms with Crippen molar-refractivity contribution in [3.05, 3.63) is 109 Å². The van der Waals surface area contributed by atoms with Crippen LogP contribution in [0.1, 0.15) is 0 Å². The van der Waals surface area contributed by atoms with Crippen LogP contribution < -0.4 is 10.6 Å². The van der Waals surface area contributed by atoms with E-state index in [0.717, 1.165) is 22.3 Å². The molecular weight excluding hydrogens is 367 g/mol. The minimum absolute atomic E-state index is 0.109. The second-order valence-electron chi connectivity index (χ2n) is 6.81. The Morgan fingerprint density at radius 2 is 0.643 bits per heavy atom. The van der Waals surface area contributed by atoms with Gasteiger partial charge in [0.05, 0.1) is 0 Å². The zero-order valence-electron chi connectivity index (χ0n) is 15.2. The summed E-state index contributed by atoms with van der Waals surface area (Å²) in [7, 11) is -5.19. The Morgan fingerprint density at radius 3 is 0.964 bits per heavy atom. The van der Waals surface area contributed by atoms with E-state index < -0.39 is 7.28 Å². The molecule has 3 nitrogen and oxygen atoms in total. The number of hydrogen-bond acceptors (Lipinski definition) is 3. The first-order valence-corrected chi connectivity index (χ1v) is 11.1. The van der Waals surface area contributed by atoms with Crippen LogP contribution in [-0.4, -0.2) is 14.7 Å². The van der Waals surface area contributed by atoms with Gasteiger partial charge in [-0.3, -0.25) is 0 Å². The third-order valence-electron chi connectivity index (χ3n) is 4.90. The normalized spacial score (nSPS) is 12.9. The summed E-state index contributed by atoms with van der Waals surface area (Å²) in [6, 6.07) is 33.0. The molecule has 140 valence electrons. The van der Waals surface area contributed by atoms with E-state index in [-0.39, 0.29) is 10.6 Å². The van der Waals surface area contributed by atoms with Crippen molar-refractivity contribution in [2.24, 2.45) is 0 Å². The average molecular weight is 388 g/mol. The van der Waals surface area contributed by atoms with E-state index >= 15 is 0 Å². The Morgan fingerprint density at radius 1 is 0.357 bits per heavy atom. The SMILES string of the molecule is OP(O)(O)(c1ccc(-c2ccccc2)cc1)c1ccc(-c2ccccc2)cc1. The molecule has 0 fully saturated rings. The van der Waals surface area contributed by atoms with Gasteiger partial charge in [-0.25, -0.2) is 0 Å². The molecule has 0 amide bonds. The van der Waals surface area contributed by atoms with E-state index in [1.807, 2.05) is 60.7 Å². The molecular formula is C24H21O3P. The van der Waals surface area contributed by atoms with Crippen LogP contribution in [0.3, 0.4) is 0 Å². The molecule has 4 heteroatoms. The van der Waals surface area contributed by atoms with Gasteiger partial charge in [0.15, 0.2) is 0 Å². The summed E-state index contributed by atoms with van der Waals surface area (Å²) in [5.74, 6) is 0. The van der Waals surface area contributed by atoms with E-state index in [4.69, 9.17) is 0 Å². The second-order valence-corrected chi connectivity index (χ2v) is 9.80. The predicted molar refractivity (Wildman–Crippen MR) is 117 cm³/mol. The molecule has 4 aromatic carbocycles. The van der Waals surface area contributed by atoms with Crippen molar-refractivity contribution in [2.45, 2.75) is 0 Å². The van der Waals surface area contributed by atoms with E-state index in [2.05, 4.69) is 0 Å². The van der Waals surface area contributed by atoms with Crippen LogP contribution in [0.15, 0.2) is 109 Å². The molecule has 0 bridgehead atoms. The van der Waals surface area contributed by atoms with Crippen LogP contribution in [0.5, 0.6) is 0 Å². The molecule has 0 saturated heterocycles. The fourth-order valence-corrected chi connectivity index (χ4v) is 4.96. The molecule has 4 aromatic rings. The van der Waals surface area contributed by atoms with Crippen molar-refractivity contribution in [3.8, 4) is 22.3 Å². The van der Waals surface area contributed by atoms with E-state index in [0.29, 0.717) is 0 Å². The molecule has 3 N–H and O–H groups in total. The van der Waals surface area contributed by atoms with E-state index in [9.17, 15) is 14.7 Å². The molecule has 0 aromatic heterocycles. The molecule has 0 radical (unpaired) electrons. The maximum atomic E-state index is 10.9. The molecule has 0 atom stereocenters. The zero-order valence-corrected chi connectivity index (χ0v) is 16.1. The molecule has 4 rings (SSSR count). The molecule has 0 heterocycles. The summed E-state index contributed by atoms with van der Waals surface area (Å²) in [5.41, 5.74) is 3.93. The Balaban J connectivity index is 1.67. The summed E-state index contributed by atoms with van der Waals surface area (Å²) >= 11 is 0. The molecule has 0 aliphatic heterocycles. The van der Waals surface area contributed by atoms with Crippen LogP contribution in [0.4, 0.5) is 0 Å². The number of rotatable bonds is 4. The van der Waals surface area contributed by atoms with Crippen molar-refractivity contribution in [3.63, 3.8) is 0 Å². The first-order chi connectivity index (χ1) is 13.4.